The molecular weight excluding hydrogens is 722 g/mol. The molecule has 0 aliphatic carbocycles. The largest absolute Gasteiger partial charge is 0.386 e. The smallest absolute Gasteiger partial charge is 0.386 e. The zero-order valence-corrected chi connectivity index (χ0v) is 28.2. The Bertz CT molecular complexity index is 1980. The lowest BCUT2D eigenvalue weighted by Gasteiger charge is -2.27. The molecule has 3 aliphatic rings. The van der Waals surface area contributed by atoms with E-state index in [-0.39, 0.29) is 40.7 Å². The zero-order valence-electron chi connectivity index (χ0n) is 23.8. The molecule has 47 heavy (non-hydrogen) atoms. The minimum Gasteiger partial charge on any atom is -0.386 e. The summed E-state index contributed by atoms with van der Waals surface area (Å²) >= 11 is 14.0. The van der Waals surface area contributed by atoms with Gasteiger partial charge in [0.15, 0.2) is 35.1 Å². The molecule has 20 nitrogen and oxygen atoms in total. The molecule has 10 atom stereocenters. The number of rotatable bonds is 4. The number of nitrogens with one attached hydrogen (secondary N) is 1. The number of aromatic nitrogens is 8. The molecule has 7 heterocycles. The zero-order chi connectivity index (χ0) is 33.2. The highest BCUT2D eigenvalue weighted by atomic mass is 32.7. The van der Waals surface area contributed by atoms with Crippen LogP contribution in [0.5, 0.6) is 0 Å². The molecule has 3 aliphatic heterocycles. The van der Waals surface area contributed by atoms with Crippen LogP contribution in [0.3, 0.4) is 0 Å². The number of aliphatic hydroxyl groups excluding tert-OH is 1. The predicted octanol–water partition coefficient (Wildman–Crippen LogP) is 0.288. The van der Waals surface area contributed by atoms with Gasteiger partial charge in [-0.1, -0.05) is 12.2 Å². The molecule has 254 valence electrons. The summed E-state index contributed by atoms with van der Waals surface area (Å²) < 4.78 is 52.3. The van der Waals surface area contributed by atoms with Crippen LogP contribution in [0.25, 0.3) is 22.3 Å². The van der Waals surface area contributed by atoms with E-state index in [2.05, 4.69) is 54.8 Å². The number of ether oxygens (including phenoxy) is 2. The van der Waals surface area contributed by atoms with E-state index in [1.807, 2.05) is 0 Å². The number of fused-ring (bicyclic) bond motifs is 5. The van der Waals surface area contributed by atoms with E-state index in [9.17, 15) is 19.4 Å². The molecule has 4 aromatic rings. The van der Waals surface area contributed by atoms with Crippen molar-refractivity contribution in [1.29, 1.82) is 0 Å². The Kier molecular flexibility index (Phi) is 8.90. The summed E-state index contributed by atoms with van der Waals surface area (Å²) in [5.41, 5.74) is 11.7. The van der Waals surface area contributed by atoms with Gasteiger partial charge in [-0.2, -0.15) is 17.6 Å². The Morgan fingerprint density at radius 2 is 1.70 bits per heavy atom. The van der Waals surface area contributed by atoms with Gasteiger partial charge in [0, 0.05) is 5.92 Å². The van der Waals surface area contributed by atoms with Gasteiger partial charge in [0.2, 0.25) is 5.95 Å². The topological polar surface area (TPSA) is 272 Å². The molecule has 7 rings (SSSR count). The fourth-order valence-electron chi connectivity index (χ4n) is 5.90. The Hall–Kier alpha value is -2.24. The highest BCUT2D eigenvalue weighted by Gasteiger charge is 2.53. The van der Waals surface area contributed by atoms with E-state index in [0.717, 1.165) is 0 Å². The van der Waals surface area contributed by atoms with Crippen molar-refractivity contribution in [2.45, 2.75) is 49.4 Å². The standard InChI is InChI=1S/C22H28N10O10P2S3/c23-16-11-17(26-5-25-16)31(6-27-11)20-13(33)15-10(40-20)4-38-43(35,46)41-14-8(1-2-45)9(3-37-44(36,47)42-15)39-21(14)32-7-28-12-18(32)29-22(24)30-19(12)34/h5-10,13-15,20-21,33,45H,1-4H2,(H,35,46)(H,36,47)(H2,23,25,26)(H3,24,29,30,34)/t8?,9-,10-,13+,14+,15?,20-,21-,43?,44?/m1/s1. The van der Waals surface area contributed by atoms with Crippen LogP contribution >= 0.6 is 38.4 Å². The molecule has 0 amide bonds. The Balaban J connectivity index is 1.23. The Labute approximate surface area is 279 Å². The first-order chi connectivity index (χ1) is 22.4. The first-order valence-electron chi connectivity index (χ1n) is 13.9. The maximum atomic E-state index is 13.8. The number of hydrogen-bond donors (Lipinski definition) is 7. The van der Waals surface area contributed by atoms with Crippen molar-refractivity contribution in [3.8, 4) is 0 Å². The summed E-state index contributed by atoms with van der Waals surface area (Å²) in [7, 11) is 0. The monoisotopic (exact) mass is 750 g/mol. The number of nitrogen functional groups attached to an aromatic ring is 2. The van der Waals surface area contributed by atoms with Gasteiger partial charge in [-0.15, -0.1) is 0 Å². The third-order valence-corrected chi connectivity index (χ3v) is 11.4. The van der Waals surface area contributed by atoms with Crippen LogP contribution < -0.4 is 17.0 Å². The number of nitrogens with zero attached hydrogens (tertiary/aromatic N) is 7. The number of aliphatic hydroxyl groups is 1. The quantitative estimate of drug-likeness (QED) is 0.109. The average Bonchev–Trinajstić information content (AvgIpc) is 3.76. The average molecular weight is 751 g/mol. The number of aromatic amines is 1. The number of H-pyrrole nitrogens is 1. The summed E-state index contributed by atoms with van der Waals surface area (Å²) in [5.74, 6) is -0.291. The van der Waals surface area contributed by atoms with Gasteiger partial charge in [-0.05, 0) is 24.0 Å². The van der Waals surface area contributed by atoms with Crippen molar-refractivity contribution in [2.24, 2.45) is 5.92 Å². The van der Waals surface area contributed by atoms with Crippen LogP contribution in [0.15, 0.2) is 23.8 Å². The molecule has 3 saturated heterocycles. The number of imidazole rings is 2. The molecule has 0 radical (unpaired) electrons. The summed E-state index contributed by atoms with van der Waals surface area (Å²) in [5, 5.41) is 11.4. The number of anilines is 2. The number of thiol groups is 2. The van der Waals surface area contributed by atoms with Crippen LogP contribution in [0, 0.1) is 5.92 Å². The van der Waals surface area contributed by atoms with E-state index < -0.39 is 74.6 Å². The van der Waals surface area contributed by atoms with Crippen molar-refractivity contribution in [3.63, 3.8) is 0 Å². The van der Waals surface area contributed by atoms with Gasteiger partial charge in [0.05, 0.1) is 32.0 Å². The van der Waals surface area contributed by atoms with Gasteiger partial charge >= 0.3 is 13.5 Å². The number of hydrogen-bond acceptors (Lipinski definition) is 18. The van der Waals surface area contributed by atoms with Crippen molar-refractivity contribution in [3.05, 3.63) is 29.3 Å². The Morgan fingerprint density at radius 1 is 1.00 bits per heavy atom. The van der Waals surface area contributed by atoms with Crippen LogP contribution in [-0.4, -0.2) is 98.5 Å². The molecule has 4 aromatic heterocycles. The lowest BCUT2D eigenvalue weighted by atomic mass is 9.95. The fourth-order valence-corrected chi connectivity index (χ4v) is 9.13. The summed E-state index contributed by atoms with van der Waals surface area (Å²) in [6.45, 7) is -9.19. The predicted molar refractivity (Wildman–Crippen MR) is 173 cm³/mol. The van der Waals surface area contributed by atoms with Gasteiger partial charge in [0.25, 0.3) is 5.56 Å². The minimum atomic E-state index is -4.26. The van der Waals surface area contributed by atoms with Crippen molar-refractivity contribution in [2.75, 3.05) is 30.4 Å². The summed E-state index contributed by atoms with van der Waals surface area (Å²) in [4.78, 5) is 46.7. The molecule has 0 spiro atoms. The van der Waals surface area contributed by atoms with Crippen molar-refractivity contribution >= 4 is 84.3 Å². The van der Waals surface area contributed by atoms with E-state index in [4.69, 9.17) is 50.8 Å². The maximum absolute atomic E-state index is 13.8. The third-order valence-electron chi connectivity index (χ3n) is 7.97. The molecular formula is C22H28N10O10P2S3. The van der Waals surface area contributed by atoms with Gasteiger partial charge in [0.1, 0.15) is 36.3 Å². The van der Waals surface area contributed by atoms with E-state index in [0.29, 0.717) is 12.2 Å². The first-order valence-corrected chi connectivity index (χ1v) is 19.8. The van der Waals surface area contributed by atoms with Gasteiger partial charge < -0.3 is 35.5 Å². The highest BCUT2D eigenvalue weighted by Crippen LogP contribution is 2.59. The van der Waals surface area contributed by atoms with Crippen LogP contribution in [0.1, 0.15) is 18.9 Å². The normalized spacial score (nSPS) is 36.6. The number of nitrogens with two attached hydrogens (primary N) is 2. The molecule has 4 unspecified atom stereocenters. The lowest BCUT2D eigenvalue weighted by molar-refractivity contribution is -0.0584. The highest BCUT2D eigenvalue weighted by molar-refractivity contribution is 8.44. The van der Waals surface area contributed by atoms with Gasteiger partial charge in [-0.25, -0.2) is 24.5 Å². The first kappa shape index (κ1) is 33.3. The molecule has 7 N–H and O–H groups in total. The second-order valence-corrected chi connectivity index (χ2v) is 16.9. The second kappa shape index (κ2) is 12.6. The fraction of sp³-hybridized carbons (Fsp3) is 0.545. The molecule has 0 aromatic carbocycles. The SMILES string of the molecule is Nc1nc2c(ncn2[C@@H]2O[C@@H]3COP(O)(=S)OC4[C@@H](COP(=O)(S)O[C@H]2C3CCS)O[C@@H](n2cnc3c(N)ncnc32)[C@H]4O)c(=O)[nH]1. The van der Waals surface area contributed by atoms with E-state index in [1.54, 1.807) is 0 Å². The second-order valence-electron chi connectivity index (χ2n) is 10.8. The van der Waals surface area contributed by atoms with Crippen LogP contribution in [-0.2, 0) is 43.9 Å². The minimum absolute atomic E-state index is 0.0247. The lowest BCUT2D eigenvalue weighted by Crippen LogP contribution is -2.36. The third kappa shape index (κ3) is 6.22. The van der Waals surface area contributed by atoms with E-state index >= 15 is 0 Å². The van der Waals surface area contributed by atoms with Gasteiger partial charge in [-0.3, -0.25) is 32.5 Å². The molecule has 25 heteroatoms. The van der Waals surface area contributed by atoms with E-state index in [1.165, 1.54) is 28.1 Å². The van der Waals surface area contributed by atoms with Crippen molar-refractivity contribution in [1.82, 2.24) is 39.0 Å². The molecule has 2 bridgehead atoms. The van der Waals surface area contributed by atoms with Crippen LogP contribution in [0.4, 0.5) is 11.8 Å². The van der Waals surface area contributed by atoms with Crippen molar-refractivity contribution < 1.29 is 42.1 Å². The molecule has 0 saturated carbocycles. The Morgan fingerprint density at radius 3 is 2.47 bits per heavy atom. The maximum Gasteiger partial charge on any atom is 0.386 e. The van der Waals surface area contributed by atoms with Crippen LogP contribution in [0.2, 0.25) is 0 Å². The molecule has 3 fully saturated rings. The summed E-state index contributed by atoms with van der Waals surface area (Å²) in [6.07, 6.45) is -3.96. The summed E-state index contributed by atoms with van der Waals surface area (Å²) in [6, 6.07) is 0.